The third kappa shape index (κ3) is 3.60. The maximum atomic E-state index is 12.1. The van der Waals surface area contributed by atoms with Gasteiger partial charge in [-0.15, -0.1) is 0 Å². The largest absolute Gasteiger partial charge is 0.326 e. The Morgan fingerprint density at radius 2 is 1.75 bits per heavy atom. The highest BCUT2D eigenvalue weighted by molar-refractivity contribution is 7.91. The number of nitrogens with one attached hydrogen (secondary N) is 1. The molecule has 110 valence electrons. The molecule has 20 heavy (non-hydrogen) atoms. The van der Waals surface area contributed by atoms with E-state index >= 15 is 0 Å². The summed E-state index contributed by atoms with van der Waals surface area (Å²) in [6.45, 7) is 1.62. The Morgan fingerprint density at radius 3 is 2.30 bits per heavy atom. The second-order valence-corrected chi connectivity index (χ2v) is 7.53. The van der Waals surface area contributed by atoms with Crippen molar-refractivity contribution in [3.8, 4) is 0 Å². The monoisotopic (exact) mass is 295 g/mol. The molecule has 1 amide bonds. The predicted octanol–water partition coefficient (Wildman–Crippen LogP) is 3.00. The van der Waals surface area contributed by atoms with Gasteiger partial charge in [0, 0.05) is 11.6 Å². The van der Waals surface area contributed by atoms with Crippen molar-refractivity contribution < 1.29 is 13.2 Å². The first-order chi connectivity index (χ1) is 9.53. The van der Waals surface area contributed by atoms with Gasteiger partial charge in [-0.2, -0.15) is 0 Å². The van der Waals surface area contributed by atoms with Gasteiger partial charge in [0.2, 0.25) is 5.91 Å². The lowest BCUT2D eigenvalue weighted by Gasteiger charge is -2.20. The summed E-state index contributed by atoms with van der Waals surface area (Å²) < 4.78 is 23.4. The van der Waals surface area contributed by atoms with Crippen molar-refractivity contribution in [2.45, 2.75) is 43.9 Å². The zero-order valence-corrected chi connectivity index (χ0v) is 12.6. The lowest BCUT2D eigenvalue weighted by atomic mass is 9.88. The van der Waals surface area contributed by atoms with Crippen molar-refractivity contribution in [3.63, 3.8) is 0 Å². The molecule has 1 aromatic carbocycles. The molecule has 1 saturated carbocycles. The van der Waals surface area contributed by atoms with Crippen LogP contribution in [0.5, 0.6) is 0 Å². The minimum absolute atomic E-state index is 0.0517. The van der Waals surface area contributed by atoms with Gasteiger partial charge in [0.15, 0.2) is 9.84 Å². The third-order valence-electron chi connectivity index (χ3n) is 3.84. The van der Waals surface area contributed by atoms with Crippen LogP contribution in [0.25, 0.3) is 0 Å². The van der Waals surface area contributed by atoms with E-state index in [1.54, 1.807) is 31.2 Å². The lowest BCUT2D eigenvalue weighted by Crippen LogP contribution is -2.24. The Hall–Kier alpha value is -1.36. The first-order valence-electron chi connectivity index (χ1n) is 7.16. The Balaban J connectivity index is 2.02. The number of hydrogen-bond acceptors (Lipinski definition) is 3. The summed E-state index contributed by atoms with van der Waals surface area (Å²) in [6.07, 6.45) is 5.35. The van der Waals surface area contributed by atoms with Crippen LogP contribution in [0.1, 0.15) is 39.0 Å². The van der Waals surface area contributed by atoms with E-state index in [9.17, 15) is 13.2 Å². The molecule has 1 fully saturated rings. The minimum atomic E-state index is -3.18. The highest BCUT2D eigenvalue weighted by Crippen LogP contribution is 2.25. The molecule has 0 aromatic heterocycles. The second-order valence-electron chi connectivity index (χ2n) is 5.25. The van der Waals surface area contributed by atoms with E-state index in [0.717, 1.165) is 25.7 Å². The van der Waals surface area contributed by atoms with Crippen LogP contribution in [-0.2, 0) is 14.6 Å². The molecule has 0 radical (unpaired) electrons. The fraction of sp³-hybridized carbons (Fsp3) is 0.533. The van der Waals surface area contributed by atoms with Gasteiger partial charge in [0.25, 0.3) is 0 Å². The second kappa shape index (κ2) is 6.39. The summed E-state index contributed by atoms with van der Waals surface area (Å²) >= 11 is 0. The highest BCUT2D eigenvalue weighted by atomic mass is 32.2. The Labute approximate surface area is 120 Å². The molecule has 2 rings (SSSR count). The average molecular weight is 295 g/mol. The molecule has 4 nitrogen and oxygen atoms in total. The number of amides is 1. The van der Waals surface area contributed by atoms with E-state index in [1.165, 1.54) is 6.42 Å². The van der Waals surface area contributed by atoms with E-state index in [0.29, 0.717) is 10.6 Å². The lowest BCUT2D eigenvalue weighted by molar-refractivity contribution is -0.120. The third-order valence-corrected chi connectivity index (χ3v) is 5.59. The molecule has 0 saturated heterocycles. The zero-order valence-electron chi connectivity index (χ0n) is 11.8. The van der Waals surface area contributed by atoms with Gasteiger partial charge in [-0.3, -0.25) is 4.79 Å². The molecule has 0 bridgehead atoms. The summed E-state index contributed by atoms with van der Waals surface area (Å²) in [5.74, 6) is 0.236. The minimum Gasteiger partial charge on any atom is -0.326 e. The van der Waals surface area contributed by atoms with Gasteiger partial charge >= 0.3 is 0 Å². The molecular weight excluding hydrogens is 274 g/mol. The van der Waals surface area contributed by atoms with Crippen LogP contribution in [0, 0.1) is 5.92 Å². The van der Waals surface area contributed by atoms with E-state index in [-0.39, 0.29) is 17.6 Å². The molecule has 1 aromatic rings. The number of hydrogen-bond donors (Lipinski definition) is 1. The molecule has 5 heteroatoms. The van der Waals surface area contributed by atoms with Gasteiger partial charge in [-0.25, -0.2) is 8.42 Å². The summed E-state index contributed by atoms with van der Waals surface area (Å²) in [5.41, 5.74) is 0.663. The van der Waals surface area contributed by atoms with Gasteiger partial charge in [0.05, 0.1) is 10.6 Å². The summed E-state index contributed by atoms with van der Waals surface area (Å²) in [6, 6.07) is 6.41. The van der Waals surface area contributed by atoms with Crippen LogP contribution in [0.4, 0.5) is 5.69 Å². The van der Waals surface area contributed by atoms with Gasteiger partial charge in [-0.1, -0.05) is 26.2 Å². The summed E-state index contributed by atoms with van der Waals surface area (Å²) in [4.78, 5) is 12.4. The maximum absolute atomic E-state index is 12.1. The van der Waals surface area contributed by atoms with E-state index < -0.39 is 9.84 Å². The SMILES string of the molecule is CCS(=O)(=O)c1ccc(NC(=O)C2CCCCC2)cc1. The van der Waals surface area contributed by atoms with E-state index in [1.807, 2.05) is 0 Å². The first kappa shape index (κ1) is 15.0. The van der Waals surface area contributed by atoms with Crippen LogP contribution in [-0.4, -0.2) is 20.1 Å². The predicted molar refractivity (Wildman–Crippen MR) is 79.4 cm³/mol. The number of anilines is 1. The van der Waals surface area contributed by atoms with E-state index in [4.69, 9.17) is 0 Å². The van der Waals surface area contributed by atoms with Crippen molar-refractivity contribution in [2.24, 2.45) is 5.92 Å². The highest BCUT2D eigenvalue weighted by Gasteiger charge is 2.21. The first-order valence-corrected chi connectivity index (χ1v) is 8.82. The molecular formula is C15H21NO3S. The number of sulfone groups is 1. The number of carbonyl (C=O) groups is 1. The Morgan fingerprint density at radius 1 is 1.15 bits per heavy atom. The van der Waals surface area contributed by atoms with Gasteiger partial charge < -0.3 is 5.32 Å². The zero-order chi connectivity index (χ0) is 14.6. The van der Waals surface area contributed by atoms with E-state index in [2.05, 4.69) is 5.32 Å². The molecule has 0 aliphatic heterocycles. The normalized spacial score (nSPS) is 16.9. The number of rotatable bonds is 4. The number of carbonyl (C=O) groups excluding carboxylic acids is 1. The van der Waals surface area contributed by atoms with Crippen LogP contribution in [0.3, 0.4) is 0 Å². The average Bonchev–Trinajstić information content (AvgIpc) is 2.48. The smallest absolute Gasteiger partial charge is 0.227 e. The van der Waals surface area contributed by atoms with Crippen molar-refractivity contribution in [1.29, 1.82) is 0 Å². The molecule has 1 aliphatic carbocycles. The summed E-state index contributed by atoms with van der Waals surface area (Å²) in [7, 11) is -3.18. The van der Waals surface area contributed by atoms with Crippen LogP contribution in [0.2, 0.25) is 0 Å². The van der Waals surface area contributed by atoms with Crippen molar-refractivity contribution >= 4 is 21.4 Å². The standard InChI is InChI=1S/C15H21NO3S/c1-2-20(18,19)14-10-8-13(9-11-14)16-15(17)12-6-4-3-5-7-12/h8-12H,2-7H2,1H3,(H,16,17). The molecule has 0 heterocycles. The quantitative estimate of drug-likeness (QED) is 0.928. The molecule has 1 N–H and O–H groups in total. The van der Waals surface area contributed by atoms with Crippen LogP contribution >= 0.6 is 0 Å². The summed E-state index contributed by atoms with van der Waals surface area (Å²) in [5, 5.41) is 2.87. The fourth-order valence-electron chi connectivity index (χ4n) is 2.52. The van der Waals surface area contributed by atoms with Gasteiger partial charge in [-0.05, 0) is 37.1 Å². The fourth-order valence-corrected chi connectivity index (χ4v) is 3.41. The van der Waals surface area contributed by atoms with Crippen molar-refractivity contribution in [1.82, 2.24) is 0 Å². The van der Waals surface area contributed by atoms with Gasteiger partial charge in [0.1, 0.15) is 0 Å². The Bertz CT molecular complexity index is 557. The van der Waals surface area contributed by atoms with Crippen LogP contribution in [0.15, 0.2) is 29.2 Å². The van der Waals surface area contributed by atoms with Crippen molar-refractivity contribution in [2.75, 3.05) is 11.1 Å². The number of benzene rings is 1. The maximum Gasteiger partial charge on any atom is 0.227 e. The Kier molecular flexibility index (Phi) is 4.81. The molecule has 0 unspecified atom stereocenters. The molecule has 0 atom stereocenters. The molecule has 1 aliphatic rings. The van der Waals surface area contributed by atoms with Crippen LogP contribution < -0.4 is 5.32 Å². The topological polar surface area (TPSA) is 63.2 Å². The van der Waals surface area contributed by atoms with Crippen molar-refractivity contribution in [3.05, 3.63) is 24.3 Å². The molecule has 0 spiro atoms.